The lowest BCUT2D eigenvalue weighted by Gasteiger charge is -2.35. The van der Waals surface area contributed by atoms with E-state index in [0.29, 0.717) is 18.8 Å². The average Bonchev–Trinajstić information content (AvgIpc) is 2.36. The van der Waals surface area contributed by atoms with Crippen molar-refractivity contribution in [3.05, 3.63) is 24.0 Å². The fourth-order valence-corrected chi connectivity index (χ4v) is 2.69. The molecule has 5 nitrogen and oxygen atoms in total. The number of nitrogens with zero attached hydrogens (tertiary/aromatic N) is 1. The monoisotopic (exact) mass is 264 g/mol. The summed E-state index contributed by atoms with van der Waals surface area (Å²) in [6.45, 7) is 2.31. The van der Waals surface area contributed by atoms with Gasteiger partial charge >= 0.3 is 0 Å². The molecule has 1 heterocycles. The third-order valence-corrected chi connectivity index (χ3v) is 3.65. The quantitative estimate of drug-likeness (QED) is 0.772. The Hall–Kier alpha value is -1.62. The second-order valence-electron chi connectivity index (χ2n) is 5.48. The summed E-state index contributed by atoms with van der Waals surface area (Å²) in [6, 6.07) is 2.97. The number of hydrogen-bond acceptors (Lipinski definition) is 4. The van der Waals surface area contributed by atoms with Gasteiger partial charge in [-0.05, 0) is 30.9 Å². The summed E-state index contributed by atoms with van der Waals surface area (Å²) in [7, 11) is 0. The van der Waals surface area contributed by atoms with E-state index >= 15 is 0 Å². The first-order valence-corrected chi connectivity index (χ1v) is 6.65. The zero-order valence-electron chi connectivity index (χ0n) is 11.1. The predicted octanol–water partition coefficient (Wildman–Crippen LogP) is 1.46. The van der Waals surface area contributed by atoms with Crippen LogP contribution in [0.15, 0.2) is 18.3 Å². The second-order valence-corrected chi connectivity index (χ2v) is 5.48. The SMILES string of the molecule is CC1CCCC(O)(CNC(=O)c2ncccc2O)C1. The van der Waals surface area contributed by atoms with Gasteiger partial charge in [0.2, 0.25) is 0 Å². The van der Waals surface area contributed by atoms with Crippen molar-refractivity contribution < 1.29 is 15.0 Å². The molecule has 1 aromatic heterocycles. The van der Waals surface area contributed by atoms with Crippen LogP contribution in [-0.4, -0.2) is 33.3 Å². The van der Waals surface area contributed by atoms with Gasteiger partial charge in [0.05, 0.1) is 5.60 Å². The fourth-order valence-electron chi connectivity index (χ4n) is 2.69. The third-order valence-electron chi connectivity index (χ3n) is 3.65. The van der Waals surface area contributed by atoms with E-state index in [-0.39, 0.29) is 18.0 Å². The molecule has 0 aliphatic heterocycles. The Kier molecular flexibility index (Phi) is 4.04. The lowest BCUT2D eigenvalue weighted by Crippen LogP contribution is -2.45. The number of amides is 1. The molecule has 0 radical (unpaired) electrons. The number of carbonyl (C=O) groups is 1. The van der Waals surface area contributed by atoms with Crippen molar-refractivity contribution in [1.82, 2.24) is 10.3 Å². The van der Waals surface area contributed by atoms with Crippen LogP contribution in [0.1, 0.15) is 43.1 Å². The van der Waals surface area contributed by atoms with E-state index in [2.05, 4.69) is 17.2 Å². The number of aromatic nitrogens is 1. The van der Waals surface area contributed by atoms with Gasteiger partial charge in [-0.15, -0.1) is 0 Å². The van der Waals surface area contributed by atoms with Crippen LogP contribution in [0.2, 0.25) is 0 Å². The van der Waals surface area contributed by atoms with E-state index in [1.54, 1.807) is 6.07 Å². The molecule has 0 aromatic carbocycles. The molecule has 1 amide bonds. The van der Waals surface area contributed by atoms with Crippen LogP contribution in [0.3, 0.4) is 0 Å². The minimum Gasteiger partial charge on any atom is -0.505 e. The largest absolute Gasteiger partial charge is 0.505 e. The van der Waals surface area contributed by atoms with Crippen LogP contribution in [0.4, 0.5) is 0 Å². The molecule has 0 bridgehead atoms. The highest BCUT2D eigenvalue weighted by Gasteiger charge is 2.33. The molecule has 19 heavy (non-hydrogen) atoms. The topological polar surface area (TPSA) is 82.5 Å². The summed E-state index contributed by atoms with van der Waals surface area (Å²) in [5, 5.41) is 22.6. The van der Waals surface area contributed by atoms with Crippen LogP contribution < -0.4 is 5.32 Å². The Labute approximate surface area is 112 Å². The molecule has 2 atom stereocenters. The number of carbonyl (C=O) groups excluding carboxylic acids is 1. The second kappa shape index (κ2) is 5.57. The van der Waals surface area contributed by atoms with Crippen molar-refractivity contribution in [2.24, 2.45) is 5.92 Å². The van der Waals surface area contributed by atoms with Crippen molar-refractivity contribution in [2.75, 3.05) is 6.54 Å². The predicted molar refractivity (Wildman–Crippen MR) is 70.8 cm³/mol. The van der Waals surface area contributed by atoms with E-state index in [4.69, 9.17) is 0 Å². The fraction of sp³-hybridized carbons (Fsp3) is 0.571. The molecule has 104 valence electrons. The van der Waals surface area contributed by atoms with Crippen molar-refractivity contribution in [1.29, 1.82) is 0 Å². The molecule has 1 aliphatic rings. The first-order valence-electron chi connectivity index (χ1n) is 6.65. The van der Waals surface area contributed by atoms with Crippen LogP contribution in [0, 0.1) is 5.92 Å². The van der Waals surface area contributed by atoms with Crippen molar-refractivity contribution in [2.45, 2.75) is 38.2 Å². The highest BCUT2D eigenvalue weighted by Crippen LogP contribution is 2.31. The summed E-state index contributed by atoms with van der Waals surface area (Å²) in [6.07, 6.45) is 4.94. The molecular formula is C14H20N2O3. The third kappa shape index (κ3) is 3.44. The number of aliphatic hydroxyl groups is 1. The number of nitrogens with one attached hydrogen (secondary N) is 1. The van der Waals surface area contributed by atoms with Gasteiger partial charge in [-0.25, -0.2) is 4.98 Å². The van der Waals surface area contributed by atoms with E-state index in [1.807, 2.05) is 0 Å². The number of rotatable bonds is 3. The van der Waals surface area contributed by atoms with Gasteiger partial charge < -0.3 is 15.5 Å². The average molecular weight is 264 g/mol. The molecule has 3 N–H and O–H groups in total. The van der Waals surface area contributed by atoms with Gasteiger partial charge in [-0.1, -0.05) is 19.8 Å². The first kappa shape index (κ1) is 13.8. The Balaban J connectivity index is 1.95. The smallest absolute Gasteiger partial charge is 0.273 e. The molecule has 1 fully saturated rings. The molecule has 5 heteroatoms. The molecule has 2 rings (SSSR count). The maximum atomic E-state index is 11.9. The molecule has 0 saturated heterocycles. The molecular weight excluding hydrogens is 244 g/mol. The summed E-state index contributed by atoms with van der Waals surface area (Å²) < 4.78 is 0. The van der Waals surface area contributed by atoms with Crippen molar-refractivity contribution in [3.8, 4) is 5.75 Å². The minimum atomic E-state index is -0.836. The van der Waals surface area contributed by atoms with Gasteiger partial charge in [0.1, 0.15) is 5.75 Å². The highest BCUT2D eigenvalue weighted by atomic mass is 16.3. The zero-order chi connectivity index (χ0) is 13.9. The van der Waals surface area contributed by atoms with Crippen LogP contribution in [-0.2, 0) is 0 Å². The summed E-state index contributed by atoms with van der Waals surface area (Å²) in [4.78, 5) is 15.7. The maximum Gasteiger partial charge on any atom is 0.273 e. The number of aromatic hydroxyl groups is 1. The minimum absolute atomic E-state index is 0.00467. The zero-order valence-corrected chi connectivity index (χ0v) is 11.1. The number of hydrogen-bond donors (Lipinski definition) is 3. The van der Waals surface area contributed by atoms with Gasteiger partial charge in [-0.3, -0.25) is 4.79 Å². The summed E-state index contributed by atoms with van der Waals surface area (Å²) in [5.41, 5.74) is -0.840. The van der Waals surface area contributed by atoms with E-state index in [1.165, 1.54) is 12.3 Å². The van der Waals surface area contributed by atoms with Crippen LogP contribution in [0.5, 0.6) is 5.75 Å². The van der Waals surface area contributed by atoms with E-state index < -0.39 is 11.5 Å². The van der Waals surface area contributed by atoms with Crippen LogP contribution >= 0.6 is 0 Å². The maximum absolute atomic E-state index is 11.9. The Bertz CT molecular complexity index is 464. The Morgan fingerprint density at radius 3 is 3.11 bits per heavy atom. The van der Waals surface area contributed by atoms with Crippen LogP contribution in [0.25, 0.3) is 0 Å². The van der Waals surface area contributed by atoms with Gasteiger partial charge in [0.25, 0.3) is 5.91 Å². The Morgan fingerprint density at radius 2 is 2.42 bits per heavy atom. The van der Waals surface area contributed by atoms with Gasteiger partial charge in [0, 0.05) is 12.7 Å². The molecule has 1 aliphatic carbocycles. The Morgan fingerprint density at radius 1 is 1.63 bits per heavy atom. The van der Waals surface area contributed by atoms with E-state index in [0.717, 1.165) is 12.8 Å². The molecule has 1 aromatic rings. The van der Waals surface area contributed by atoms with Crippen molar-refractivity contribution in [3.63, 3.8) is 0 Å². The normalized spacial score (nSPS) is 26.9. The molecule has 1 saturated carbocycles. The van der Waals surface area contributed by atoms with E-state index in [9.17, 15) is 15.0 Å². The molecule has 2 unspecified atom stereocenters. The van der Waals surface area contributed by atoms with Crippen molar-refractivity contribution >= 4 is 5.91 Å². The van der Waals surface area contributed by atoms with Gasteiger partial charge in [-0.2, -0.15) is 0 Å². The molecule has 0 spiro atoms. The standard InChI is InChI=1S/C14H20N2O3/c1-10-4-2-6-14(19,8-10)9-16-13(18)12-11(17)5-3-7-15-12/h3,5,7,10,17,19H,2,4,6,8-9H2,1H3,(H,16,18). The summed E-state index contributed by atoms with van der Waals surface area (Å²) in [5.74, 6) is -0.132. The summed E-state index contributed by atoms with van der Waals surface area (Å²) >= 11 is 0. The number of pyridine rings is 1. The highest BCUT2D eigenvalue weighted by molar-refractivity contribution is 5.94. The lowest BCUT2D eigenvalue weighted by molar-refractivity contribution is -0.0110. The lowest BCUT2D eigenvalue weighted by atomic mass is 9.79. The van der Waals surface area contributed by atoms with Gasteiger partial charge in [0.15, 0.2) is 5.69 Å². The first-order chi connectivity index (χ1) is 9.00.